The molecule has 0 bridgehead atoms. The van der Waals surface area contributed by atoms with Gasteiger partial charge in [-0.2, -0.15) is 15.6 Å². The van der Waals surface area contributed by atoms with Gasteiger partial charge in [-0.1, -0.05) is 26.0 Å². The van der Waals surface area contributed by atoms with Crippen LogP contribution in [0.4, 0.5) is 5.82 Å². The fraction of sp³-hybridized carbons (Fsp3) is 0.333. The van der Waals surface area contributed by atoms with Gasteiger partial charge in [0.1, 0.15) is 11.6 Å². The first-order valence-electron chi connectivity index (χ1n) is 7.63. The Morgan fingerprint density at radius 1 is 1.00 bits per heavy atom. The molecule has 2 rings (SSSR count). The maximum absolute atomic E-state index is 9.55. The summed E-state index contributed by atoms with van der Waals surface area (Å²) >= 11 is 0. The quantitative estimate of drug-likeness (QED) is 0.848. The summed E-state index contributed by atoms with van der Waals surface area (Å²) in [5.41, 5.74) is 4.16. The number of rotatable bonds is 5. The van der Waals surface area contributed by atoms with Crippen molar-refractivity contribution in [3.05, 3.63) is 52.2 Å². The summed E-state index contributed by atoms with van der Waals surface area (Å²) in [7, 11) is 1.90. The smallest absolute Gasteiger partial charge is 0.169 e. The molecule has 0 atom stereocenters. The molecule has 0 aliphatic rings. The predicted molar refractivity (Wildman–Crippen MR) is 88.8 cm³/mol. The molecule has 116 valence electrons. The molecule has 0 aliphatic carbocycles. The Morgan fingerprint density at radius 3 is 2.22 bits per heavy atom. The van der Waals surface area contributed by atoms with E-state index >= 15 is 0 Å². The molecular formula is C18H19N5. The van der Waals surface area contributed by atoms with Crippen molar-refractivity contribution in [1.82, 2.24) is 10.2 Å². The van der Waals surface area contributed by atoms with Gasteiger partial charge in [-0.15, -0.1) is 5.10 Å². The van der Waals surface area contributed by atoms with Crippen LogP contribution in [0.15, 0.2) is 24.3 Å². The number of anilines is 1. The highest BCUT2D eigenvalue weighted by Crippen LogP contribution is 2.23. The monoisotopic (exact) mass is 305 g/mol. The third-order valence-corrected chi connectivity index (χ3v) is 3.80. The van der Waals surface area contributed by atoms with E-state index in [1.165, 1.54) is 0 Å². The van der Waals surface area contributed by atoms with Crippen LogP contribution in [0, 0.1) is 22.7 Å². The van der Waals surface area contributed by atoms with Gasteiger partial charge in [-0.25, -0.2) is 0 Å². The van der Waals surface area contributed by atoms with Crippen LogP contribution in [0.2, 0.25) is 0 Å². The molecule has 5 nitrogen and oxygen atoms in total. The first-order chi connectivity index (χ1) is 11.1. The fourth-order valence-electron chi connectivity index (χ4n) is 2.58. The largest absolute Gasteiger partial charge is 0.353 e. The molecule has 0 aliphatic heterocycles. The molecule has 0 saturated carbocycles. The molecule has 0 radical (unpaired) electrons. The summed E-state index contributed by atoms with van der Waals surface area (Å²) in [6, 6.07) is 11.8. The second kappa shape index (κ2) is 7.38. The molecule has 1 heterocycles. The van der Waals surface area contributed by atoms with E-state index in [4.69, 9.17) is 5.26 Å². The van der Waals surface area contributed by atoms with Crippen molar-refractivity contribution in [2.75, 3.05) is 11.9 Å². The maximum atomic E-state index is 9.55. The van der Waals surface area contributed by atoms with Gasteiger partial charge in [-0.05, 0) is 36.1 Å². The highest BCUT2D eigenvalue weighted by atomic mass is 15.2. The summed E-state index contributed by atoms with van der Waals surface area (Å²) in [6.45, 7) is 4.65. The summed E-state index contributed by atoms with van der Waals surface area (Å²) < 4.78 is 0. The van der Waals surface area contributed by atoms with Crippen LogP contribution in [-0.2, 0) is 19.4 Å². The third-order valence-electron chi connectivity index (χ3n) is 3.80. The van der Waals surface area contributed by atoms with Gasteiger partial charge < -0.3 is 4.90 Å². The van der Waals surface area contributed by atoms with Crippen LogP contribution < -0.4 is 4.90 Å². The molecule has 5 heteroatoms. The molecule has 1 aromatic carbocycles. The average Bonchev–Trinajstić information content (AvgIpc) is 2.60. The molecule has 0 spiro atoms. The Hall–Kier alpha value is -2.92. The minimum atomic E-state index is 0.601. The van der Waals surface area contributed by atoms with E-state index < -0.39 is 0 Å². The standard InChI is InChI=1S/C18H19N5/c1-4-15-16(11-20)18(22-21-17(15)5-2)23(3)12-14-8-6-13(10-19)7-9-14/h6-9H,4-5,12H2,1-3H3. The highest BCUT2D eigenvalue weighted by Gasteiger charge is 2.17. The average molecular weight is 305 g/mol. The lowest BCUT2D eigenvalue weighted by Gasteiger charge is -2.21. The molecular weight excluding hydrogens is 286 g/mol. The SMILES string of the molecule is CCc1nnc(N(C)Cc2ccc(C#N)cc2)c(C#N)c1CC. The van der Waals surface area contributed by atoms with E-state index in [0.717, 1.165) is 29.7 Å². The Morgan fingerprint density at radius 2 is 1.70 bits per heavy atom. The third kappa shape index (κ3) is 3.46. The summed E-state index contributed by atoms with van der Waals surface area (Å²) in [6.07, 6.45) is 1.53. The van der Waals surface area contributed by atoms with Crippen molar-refractivity contribution < 1.29 is 0 Å². The van der Waals surface area contributed by atoms with Crippen molar-refractivity contribution in [2.45, 2.75) is 33.2 Å². The van der Waals surface area contributed by atoms with Gasteiger partial charge in [0, 0.05) is 13.6 Å². The molecule has 0 N–H and O–H groups in total. The topological polar surface area (TPSA) is 76.6 Å². The number of aromatic nitrogens is 2. The fourth-order valence-corrected chi connectivity index (χ4v) is 2.58. The van der Waals surface area contributed by atoms with Gasteiger partial charge in [0.2, 0.25) is 0 Å². The molecule has 0 unspecified atom stereocenters. The van der Waals surface area contributed by atoms with Crippen LogP contribution in [0.5, 0.6) is 0 Å². The number of aryl methyl sites for hydroxylation is 1. The minimum absolute atomic E-state index is 0.601. The van der Waals surface area contributed by atoms with Gasteiger partial charge in [0.15, 0.2) is 5.82 Å². The van der Waals surface area contributed by atoms with Crippen LogP contribution in [0.25, 0.3) is 0 Å². The zero-order chi connectivity index (χ0) is 16.8. The Balaban J connectivity index is 2.33. The molecule has 23 heavy (non-hydrogen) atoms. The second-order valence-electron chi connectivity index (χ2n) is 5.31. The summed E-state index contributed by atoms with van der Waals surface area (Å²) in [5.74, 6) is 0.603. The predicted octanol–water partition coefficient (Wildman–Crippen LogP) is 2.98. The van der Waals surface area contributed by atoms with Crippen molar-refractivity contribution >= 4 is 5.82 Å². The van der Waals surface area contributed by atoms with E-state index in [-0.39, 0.29) is 0 Å². The molecule has 1 aromatic heterocycles. The molecule has 0 amide bonds. The highest BCUT2D eigenvalue weighted by molar-refractivity contribution is 5.58. The van der Waals surface area contributed by atoms with Crippen molar-refractivity contribution in [3.8, 4) is 12.1 Å². The minimum Gasteiger partial charge on any atom is -0.353 e. The Labute approximate surface area is 136 Å². The zero-order valence-electron chi connectivity index (χ0n) is 13.7. The van der Waals surface area contributed by atoms with Crippen molar-refractivity contribution in [3.63, 3.8) is 0 Å². The lowest BCUT2D eigenvalue weighted by Crippen LogP contribution is -2.21. The number of nitrogens with zero attached hydrogens (tertiary/aromatic N) is 5. The van der Waals surface area contributed by atoms with Gasteiger partial charge in [-0.3, -0.25) is 0 Å². The van der Waals surface area contributed by atoms with Crippen molar-refractivity contribution in [2.24, 2.45) is 0 Å². The normalized spacial score (nSPS) is 9.96. The second-order valence-corrected chi connectivity index (χ2v) is 5.31. The van der Waals surface area contributed by atoms with E-state index in [1.54, 1.807) is 12.1 Å². The lowest BCUT2D eigenvalue weighted by molar-refractivity contribution is 0.819. The van der Waals surface area contributed by atoms with Gasteiger partial charge in [0.25, 0.3) is 0 Å². The van der Waals surface area contributed by atoms with Crippen LogP contribution in [0.3, 0.4) is 0 Å². The molecule has 2 aromatic rings. The number of hydrogen-bond acceptors (Lipinski definition) is 5. The molecule has 0 fully saturated rings. The van der Waals surface area contributed by atoms with E-state index in [1.807, 2.05) is 37.9 Å². The lowest BCUT2D eigenvalue weighted by atomic mass is 10.0. The number of nitriles is 2. The van der Waals surface area contributed by atoms with Gasteiger partial charge >= 0.3 is 0 Å². The number of benzene rings is 1. The van der Waals surface area contributed by atoms with E-state index in [9.17, 15) is 5.26 Å². The maximum Gasteiger partial charge on any atom is 0.169 e. The van der Waals surface area contributed by atoms with Crippen LogP contribution in [-0.4, -0.2) is 17.2 Å². The molecule has 0 saturated heterocycles. The summed E-state index contributed by atoms with van der Waals surface area (Å²) in [5, 5.41) is 26.9. The van der Waals surface area contributed by atoms with Crippen molar-refractivity contribution in [1.29, 1.82) is 10.5 Å². The number of hydrogen-bond donors (Lipinski definition) is 0. The Kier molecular flexibility index (Phi) is 5.28. The summed E-state index contributed by atoms with van der Waals surface area (Å²) in [4.78, 5) is 1.92. The van der Waals surface area contributed by atoms with E-state index in [2.05, 4.69) is 22.3 Å². The Bertz CT molecular complexity index is 766. The first kappa shape index (κ1) is 16.5. The van der Waals surface area contributed by atoms with Crippen LogP contribution >= 0.6 is 0 Å². The van der Waals surface area contributed by atoms with Crippen LogP contribution in [0.1, 0.15) is 41.8 Å². The zero-order valence-corrected chi connectivity index (χ0v) is 13.7. The van der Waals surface area contributed by atoms with E-state index in [0.29, 0.717) is 23.5 Å². The first-order valence-corrected chi connectivity index (χ1v) is 7.63. The van der Waals surface area contributed by atoms with Gasteiger partial charge in [0.05, 0.1) is 17.3 Å².